The van der Waals surface area contributed by atoms with E-state index < -0.39 is 29.4 Å². The molecule has 0 aliphatic rings. The van der Waals surface area contributed by atoms with Gasteiger partial charge < -0.3 is 0 Å². The fraction of sp³-hybridized carbons (Fsp3) is 0.300. The van der Waals surface area contributed by atoms with Gasteiger partial charge in [-0.3, -0.25) is 4.79 Å². The Morgan fingerprint density at radius 2 is 1.53 bits per heavy atom. The highest BCUT2D eigenvalue weighted by molar-refractivity contribution is 6.31. The molecule has 0 saturated heterocycles. The predicted octanol–water partition coefficient (Wildman–Crippen LogP) is 4.36. The van der Waals surface area contributed by atoms with E-state index in [0.717, 1.165) is 12.1 Å². The smallest absolute Gasteiger partial charge is 0.287 e. The zero-order valence-corrected chi connectivity index (χ0v) is 9.50. The van der Waals surface area contributed by atoms with E-state index in [0.29, 0.717) is 12.1 Å². The molecule has 1 aromatic rings. The molecule has 0 atom stereocenters. The number of hydrogen-bond donors (Lipinski definition) is 0. The van der Waals surface area contributed by atoms with Crippen LogP contribution in [0.2, 0.25) is 5.02 Å². The first kappa shape index (κ1) is 15.7. The van der Waals surface area contributed by atoms with Gasteiger partial charge in [0.05, 0.1) is 0 Å². The van der Waals surface area contributed by atoms with Crippen LogP contribution in [-0.4, -0.2) is 23.8 Å². The minimum absolute atomic E-state index is 0.253. The molecular formula is C10H4ClF7O. The van der Waals surface area contributed by atoms with E-state index in [9.17, 15) is 35.5 Å². The number of rotatable bonds is 3. The van der Waals surface area contributed by atoms with Gasteiger partial charge in [0.2, 0.25) is 5.78 Å². The number of carbonyl (C=O) groups is 1. The largest absolute Gasteiger partial charge is 0.460 e. The second kappa shape index (κ2) is 4.66. The second-order valence-electron chi connectivity index (χ2n) is 3.49. The van der Waals surface area contributed by atoms with Crippen molar-refractivity contribution in [3.63, 3.8) is 0 Å². The van der Waals surface area contributed by atoms with Gasteiger partial charge in [-0.25, -0.2) is 0 Å². The van der Waals surface area contributed by atoms with Gasteiger partial charge in [-0.15, -0.1) is 0 Å². The van der Waals surface area contributed by atoms with Crippen molar-refractivity contribution < 1.29 is 35.5 Å². The monoisotopic (exact) mass is 308 g/mol. The van der Waals surface area contributed by atoms with Crippen molar-refractivity contribution in [1.29, 1.82) is 0 Å². The molecule has 0 unspecified atom stereocenters. The summed E-state index contributed by atoms with van der Waals surface area (Å²) in [6.07, 6.45) is -6.55. The average molecular weight is 309 g/mol. The first-order chi connectivity index (χ1) is 8.41. The van der Waals surface area contributed by atoms with Gasteiger partial charge in [0.1, 0.15) is 0 Å². The van der Waals surface area contributed by atoms with Crippen LogP contribution >= 0.6 is 11.6 Å². The van der Waals surface area contributed by atoms with Crippen LogP contribution in [0.5, 0.6) is 0 Å². The Hall–Kier alpha value is -1.31. The standard InChI is InChI=1S/C10H4ClF7O/c11-6-3-1-2-5(4-6)7(19)8(12,13)9(14,15)10(16,17)18/h1-4H. The lowest BCUT2D eigenvalue weighted by atomic mass is 10.00. The van der Waals surface area contributed by atoms with E-state index in [-0.39, 0.29) is 5.02 Å². The highest BCUT2D eigenvalue weighted by Crippen LogP contribution is 2.47. The van der Waals surface area contributed by atoms with Crippen LogP contribution in [-0.2, 0) is 0 Å². The molecule has 1 nitrogen and oxygen atoms in total. The number of alkyl halides is 7. The molecule has 0 N–H and O–H groups in total. The molecule has 0 fully saturated rings. The summed E-state index contributed by atoms with van der Waals surface area (Å²) in [4.78, 5) is 11.1. The Labute approximate surface area is 107 Å². The normalized spacial score (nSPS) is 13.5. The fourth-order valence-electron chi connectivity index (χ4n) is 1.13. The summed E-state index contributed by atoms with van der Waals surface area (Å²) >= 11 is 5.34. The number of halogens is 8. The summed E-state index contributed by atoms with van der Waals surface area (Å²) in [5, 5.41) is -0.253. The zero-order valence-electron chi connectivity index (χ0n) is 8.74. The van der Waals surface area contributed by atoms with E-state index in [4.69, 9.17) is 11.6 Å². The number of ketones is 1. The average Bonchev–Trinajstić information content (AvgIpc) is 2.26. The van der Waals surface area contributed by atoms with Gasteiger partial charge in [-0.1, -0.05) is 23.7 Å². The molecule has 106 valence electrons. The summed E-state index contributed by atoms with van der Waals surface area (Å²) in [6, 6.07) is 3.34. The van der Waals surface area contributed by atoms with Crippen molar-refractivity contribution in [2.45, 2.75) is 18.0 Å². The third-order valence-corrected chi connectivity index (χ3v) is 2.36. The molecule has 0 aliphatic heterocycles. The minimum Gasteiger partial charge on any atom is -0.287 e. The topological polar surface area (TPSA) is 17.1 Å². The Balaban J connectivity index is 3.24. The molecule has 0 radical (unpaired) electrons. The molecule has 9 heteroatoms. The lowest BCUT2D eigenvalue weighted by molar-refractivity contribution is -0.339. The maximum atomic E-state index is 13.0. The van der Waals surface area contributed by atoms with Gasteiger partial charge in [0.25, 0.3) is 0 Å². The molecule has 0 amide bonds. The number of Topliss-reactive ketones (excluding diaryl/α,β-unsaturated/α-hetero) is 1. The van der Waals surface area contributed by atoms with Gasteiger partial charge >= 0.3 is 18.0 Å². The van der Waals surface area contributed by atoms with Crippen molar-refractivity contribution in [2.75, 3.05) is 0 Å². The summed E-state index contributed by atoms with van der Waals surface area (Å²) in [5.41, 5.74) is -1.04. The Morgan fingerprint density at radius 1 is 1.00 bits per heavy atom. The summed E-state index contributed by atoms with van der Waals surface area (Å²) in [6.45, 7) is 0. The molecule has 0 spiro atoms. The van der Waals surface area contributed by atoms with Gasteiger partial charge in [-0.2, -0.15) is 30.7 Å². The van der Waals surface area contributed by atoms with Crippen molar-refractivity contribution in [1.82, 2.24) is 0 Å². The molecule has 0 heterocycles. The predicted molar refractivity (Wildman–Crippen MR) is 51.7 cm³/mol. The first-order valence-corrected chi connectivity index (χ1v) is 4.92. The quantitative estimate of drug-likeness (QED) is 0.599. The highest BCUT2D eigenvalue weighted by atomic mass is 35.5. The van der Waals surface area contributed by atoms with Crippen LogP contribution in [0.15, 0.2) is 24.3 Å². The maximum absolute atomic E-state index is 13.0. The van der Waals surface area contributed by atoms with Crippen LogP contribution in [0.3, 0.4) is 0 Å². The Morgan fingerprint density at radius 3 is 1.95 bits per heavy atom. The van der Waals surface area contributed by atoms with E-state index in [1.807, 2.05) is 0 Å². The lowest BCUT2D eigenvalue weighted by Gasteiger charge is -2.26. The lowest BCUT2D eigenvalue weighted by Crippen LogP contribution is -2.56. The van der Waals surface area contributed by atoms with E-state index in [1.54, 1.807) is 0 Å². The van der Waals surface area contributed by atoms with Gasteiger partial charge in [-0.05, 0) is 12.1 Å². The second-order valence-corrected chi connectivity index (χ2v) is 3.92. The maximum Gasteiger partial charge on any atom is 0.460 e. The molecule has 0 saturated carbocycles. The first-order valence-electron chi connectivity index (χ1n) is 4.54. The number of hydrogen-bond acceptors (Lipinski definition) is 1. The summed E-state index contributed by atoms with van der Waals surface area (Å²) < 4.78 is 87.0. The molecule has 1 aromatic carbocycles. The van der Waals surface area contributed by atoms with Crippen molar-refractivity contribution in [3.05, 3.63) is 34.9 Å². The third-order valence-electron chi connectivity index (χ3n) is 2.12. The molecule has 0 aromatic heterocycles. The molecular weight excluding hydrogens is 305 g/mol. The van der Waals surface area contributed by atoms with Crippen LogP contribution in [0.4, 0.5) is 30.7 Å². The summed E-state index contributed by atoms with van der Waals surface area (Å²) in [5.74, 6) is -15.0. The van der Waals surface area contributed by atoms with E-state index >= 15 is 0 Å². The summed E-state index contributed by atoms with van der Waals surface area (Å²) in [7, 11) is 0. The van der Waals surface area contributed by atoms with Crippen LogP contribution in [0.1, 0.15) is 10.4 Å². The zero-order chi connectivity index (χ0) is 15.1. The van der Waals surface area contributed by atoms with Crippen molar-refractivity contribution in [3.8, 4) is 0 Å². The Kier molecular flexibility index (Phi) is 3.86. The van der Waals surface area contributed by atoms with Crippen LogP contribution < -0.4 is 0 Å². The fourth-order valence-corrected chi connectivity index (χ4v) is 1.32. The molecule has 0 aliphatic carbocycles. The van der Waals surface area contributed by atoms with Gasteiger partial charge in [0, 0.05) is 10.6 Å². The highest BCUT2D eigenvalue weighted by Gasteiger charge is 2.76. The third kappa shape index (κ3) is 2.68. The van der Waals surface area contributed by atoms with E-state index in [1.165, 1.54) is 0 Å². The molecule has 1 rings (SSSR count). The molecule has 0 bridgehead atoms. The SMILES string of the molecule is O=C(c1cccc(Cl)c1)C(F)(F)C(F)(F)C(F)(F)F. The number of carbonyl (C=O) groups excluding carboxylic acids is 1. The van der Waals surface area contributed by atoms with Crippen molar-refractivity contribution in [2.24, 2.45) is 0 Å². The number of benzene rings is 1. The van der Waals surface area contributed by atoms with Crippen LogP contribution in [0.25, 0.3) is 0 Å². The van der Waals surface area contributed by atoms with Gasteiger partial charge in [0.15, 0.2) is 0 Å². The minimum atomic E-state index is -6.55. The van der Waals surface area contributed by atoms with Crippen molar-refractivity contribution >= 4 is 17.4 Å². The Bertz CT molecular complexity index is 495. The molecule has 19 heavy (non-hydrogen) atoms. The van der Waals surface area contributed by atoms with E-state index in [2.05, 4.69) is 0 Å². The van der Waals surface area contributed by atoms with Crippen LogP contribution in [0, 0.1) is 0 Å².